The zero-order valence-corrected chi connectivity index (χ0v) is 8.83. The number of rotatable bonds is 1. The molecule has 0 saturated carbocycles. The summed E-state index contributed by atoms with van der Waals surface area (Å²) < 4.78 is 5.16. The summed E-state index contributed by atoms with van der Waals surface area (Å²) in [6.07, 6.45) is 5.04. The first-order valence-electron chi connectivity index (χ1n) is 5.40. The zero-order chi connectivity index (χ0) is 11.0. The Kier molecular flexibility index (Phi) is 2.21. The molecule has 6 nitrogen and oxygen atoms in total. The van der Waals surface area contributed by atoms with Crippen LogP contribution in [0.1, 0.15) is 12.8 Å². The quantitative estimate of drug-likeness (QED) is 0.754. The van der Waals surface area contributed by atoms with Crippen molar-refractivity contribution in [3.63, 3.8) is 0 Å². The Labute approximate surface area is 92.5 Å². The minimum absolute atomic E-state index is 0.310. The van der Waals surface area contributed by atoms with Crippen molar-refractivity contribution in [3.05, 3.63) is 12.6 Å². The van der Waals surface area contributed by atoms with Gasteiger partial charge in [-0.05, 0) is 12.8 Å². The molecule has 2 N–H and O–H groups in total. The van der Waals surface area contributed by atoms with Crippen molar-refractivity contribution >= 4 is 17.2 Å². The van der Waals surface area contributed by atoms with Crippen LogP contribution >= 0.6 is 0 Å². The molecule has 1 saturated heterocycles. The van der Waals surface area contributed by atoms with Crippen LogP contribution in [0.25, 0.3) is 11.2 Å². The van der Waals surface area contributed by atoms with Gasteiger partial charge in [0.1, 0.15) is 5.52 Å². The van der Waals surface area contributed by atoms with E-state index in [0.717, 1.165) is 25.9 Å². The number of piperidine rings is 1. The van der Waals surface area contributed by atoms with Gasteiger partial charge in [-0.3, -0.25) is 0 Å². The van der Waals surface area contributed by atoms with Crippen LogP contribution in [-0.4, -0.2) is 34.1 Å². The highest BCUT2D eigenvalue weighted by atomic mass is 16.3. The van der Waals surface area contributed by atoms with Crippen LogP contribution < -0.4 is 10.6 Å². The number of fused-ring (bicyclic) bond motifs is 1. The molecule has 2 aromatic rings. The highest BCUT2D eigenvalue weighted by molar-refractivity contribution is 5.67. The Hall–Kier alpha value is -1.69. The predicted octanol–water partition coefficient (Wildman–Crippen LogP) is 0.545. The van der Waals surface area contributed by atoms with Gasteiger partial charge in [0.05, 0.1) is 6.20 Å². The lowest BCUT2D eigenvalue weighted by atomic mass is 10.1. The molecule has 0 unspecified atom stereocenters. The van der Waals surface area contributed by atoms with E-state index < -0.39 is 0 Å². The van der Waals surface area contributed by atoms with Crippen LogP contribution in [0.4, 0.5) is 5.95 Å². The number of nitrogens with two attached hydrogens (primary N) is 1. The van der Waals surface area contributed by atoms with Crippen LogP contribution in [0.2, 0.25) is 0 Å². The summed E-state index contributed by atoms with van der Waals surface area (Å²) >= 11 is 0. The van der Waals surface area contributed by atoms with Crippen molar-refractivity contribution in [1.82, 2.24) is 15.0 Å². The Bertz CT molecular complexity index is 489. The molecular weight excluding hydrogens is 206 g/mol. The first-order chi connectivity index (χ1) is 7.83. The fourth-order valence-electron chi connectivity index (χ4n) is 1.91. The maximum atomic E-state index is 5.85. The molecule has 3 heterocycles. The van der Waals surface area contributed by atoms with Crippen molar-refractivity contribution in [3.8, 4) is 0 Å². The first-order valence-corrected chi connectivity index (χ1v) is 5.40. The molecule has 6 heteroatoms. The van der Waals surface area contributed by atoms with Crippen LogP contribution in [0.3, 0.4) is 0 Å². The van der Waals surface area contributed by atoms with E-state index in [9.17, 15) is 0 Å². The summed E-state index contributed by atoms with van der Waals surface area (Å²) in [5.74, 6) is 0.705. The fraction of sp³-hybridized carbons (Fsp3) is 0.500. The molecule has 2 aromatic heterocycles. The molecule has 0 bridgehead atoms. The Balaban J connectivity index is 1.87. The molecule has 84 valence electrons. The summed E-state index contributed by atoms with van der Waals surface area (Å²) in [7, 11) is 0. The predicted molar refractivity (Wildman–Crippen MR) is 59.0 cm³/mol. The van der Waals surface area contributed by atoms with Gasteiger partial charge in [0.2, 0.25) is 5.95 Å². The molecule has 1 fully saturated rings. The van der Waals surface area contributed by atoms with E-state index in [2.05, 4.69) is 19.9 Å². The largest absolute Gasteiger partial charge is 0.425 e. The summed E-state index contributed by atoms with van der Waals surface area (Å²) in [6, 6.07) is 0.310. The van der Waals surface area contributed by atoms with Crippen LogP contribution in [0.5, 0.6) is 0 Å². The van der Waals surface area contributed by atoms with Gasteiger partial charge in [-0.1, -0.05) is 0 Å². The second kappa shape index (κ2) is 3.71. The lowest BCUT2D eigenvalue weighted by Gasteiger charge is -2.29. The van der Waals surface area contributed by atoms with Crippen LogP contribution in [0, 0.1) is 0 Å². The van der Waals surface area contributed by atoms with E-state index >= 15 is 0 Å². The molecule has 1 aliphatic rings. The number of anilines is 1. The average molecular weight is 219 g/mol. The topological polar surface area (TPSA) is 81.1 Å². The summed E-state index contributed by atoms with van der Waals surface area (Å²) in [5.41, 5.74) is 7.09. The second-order valence-corrected chi connectivity index (χ2v) is 4.04. The standard InChI is InChI=1S/C10H13N5O/c11-7-1-3-15(4-2-7)10-12-5-8-9(14-10)16-6-13-8/h5-7H,1-4,11H2. The van der Waals surface area contributed by atoms with Crippen LogP contribution in [0.15, 0.2) is 17.0 Å². The third kappa shape index (κ3) is 1.61. The highest BCUT2D eigenvalue weighted by Crippen LogP contribution is 2.17. The maximum absolute atomic E-state index is 5.85. The minimum Gasteiger partial charge on any atom is -0.425 e. The van der Waals surface area contributed by atoms with Crippen LogP contribution in [-0.2, 0) is 0 Å². The molecule has 0 atom stereocenters. The molecular formula is C10H13N5O. The van der Waals surface area contributed by atoms with Crippen molar-refractivity contribution < 1.29 is 4.42 Å². The lowest BCUT2D eigenvalue weighted by molar-refractivity contribution is 0.495. The van der Waals surface area contributed by atoms with Gasteiger partial charge in [-0.2, -0.15) is 4.98 Å². The number of hydrogen-bond acceptors (Lipinski definition) is 6. The van der Waals surface area contributed by atoms with Crippen molar-refractivity contribution in [2.24, 2.45) is 5.73 Å². The summed E-state index contributed by atoms with van der Waals surface area (Å²) in [5, 5.41) is 0. The first kappa shape index (κ1) is 9.53. The smallest absolute Gasteiger partial charge is 0.251 e. The van der Waals surface area contributed by atoms with E-state index in [-0.39, 0.29) is 0 Å². The molecule has 16 heavy (non-hydrogen) atoms. The summed E-state index contributed by atoms with van der Waals surface area (Å²) in [4.78, 5) is 14.7. The van der Waals surface area contributed by atoms with Crippen molar-refractivity contribution in [2.75, 3.05) is 18.0 Å². The normalized spacial score (nSPS) is 18.2. The van der Waals surface area contributed by atoms with Gasteiger partial charge in [-0.15, -0.1) is 0 Å². The van der Waals surface area contributed by atoms with E-state index in [1.807, 2.05) is 0 Å². The lowest BCUT2D eigenvalue weighted by Crippen LogP contribution is -2.40. The molecule has 0 aliphatic carbocycles. The number of hydrogen-bond donors (Lipinski definition) is 1. The fourth-order valence-corrected chi connectivity index (χ4v) is 1.91. The molecule has 0 radical (unpaired) electrons. The van der Waals surface area contributed by atoms with E-state index in [1.165, 1.54) is 6.39 Å². The SMILES string of the molecule is NC1CCN(c2ncc3ncoc3n2)CC1. The summed E-state index contributed by atoms with van der Waals surface area (Å²) in [6.45, 7) is 1.81. The number of oxazole rings is 1. The Morgan fingerprint density at radius 3 is 2.94 bits per heavy atom. The van der Waals surface area contributed by atoms with Crippen molar-refractivity contribution in [2.45, 2.75) is 18.9 Å². The number of aromatic nitrogens is 3. The molecule has 0 amide bonds. The minimum atomic E-state index is 0.310. The van der Waals surface area contributed by atoms with Gasteiger partial charge in [0.25, 0.3) is 5.71 Å². The molecule has 0 spiro atoms. The zero-order valence-electron chi connectivity index (χ0n) is 8.83. The molecule has 1 aliphatic heterocycles. The monoisotopic (exact) mass is 219 g/mol. The number of nitrogens with zero attached hydrogens (tertiary/aromatic N) is 4. The maximum Gasteiger partial charge on any atom is 0.251 e. The van der Waals surface area contributed by atoms with Gasteiger partial charge >= 0.3 is 0 Å². The Morgan fingerprint density at radius 1 is 1.31 bits per heavy atom. The van der Waals surface area contributed by atoms with E-state index in [1.54, 1.807) is 6.20 Å². The van der Waals surface area contributed by atoms with E-state index in [0.29, 0.717) is 23.2 Å². The van der Waals surface area contributed by atoms with E-state index in [4.69, 9.17) is 10.2 Å². The van der Waals surface area contributed by atoms with Gasteiger partial charge in [0, 0.05) is 19.1 Å². The third-order valence-corrected chi connectivity index (χ3v) is 2.90. The van der Waals surface area contributed by atoms with Gasteiger partial charge < -0.3 is 15.1 Å². The molecule has 0 aromatic carbocycles. The molecule has 3 rings (SSSR count). The average Bonchev–Trinajstić information content (AvgIpc) is 2.77. The van der Waals surface area contributed by atoms with Gasteiger partial charge in [0.15, 0.2) is 6.39 Å². The Morgan fingerprint density at radius 2 is 2.12 bits per heavy atom. The third-order valence-electron chi connectivity index (χ3n) is 2.90. The second-order valence-electron chi connectivity index (χ2n) is 4.04. The highest BCUT2D eigenvalue weighted by Gasteiger charge is 2.18. The van der Waals surface area contributed by atoms with Crippen molar-refractivity contribution in [1.29, 1.82) is 0 Å². The van der Waals surface area contributed by atoms with Gasteiger partial charge in [-0.25, -0.2) is 9.97 Å².